The van der Waals surface area contributed by atoms with E-state index in [4.69, 9.17) is 4.74 Å². The van der Waals surface area contributed by atoms with Gasteiger partial charge in [0.2, 0.25) is 5.91 Å². The van der Waals surface area contributed by atoms with Crippen LogP contribution in [0.5, 0.6) is 5.75 Å². The summed E-state index contributed by atoms with van der Waals surface area (Å²) in [6.07, 6.45) is 1.78. The second-order valence-electron chi connectivity index (χ2n) is 6.36. The topological polar surface area (TPSA) is 75.6 Å². The second kappa shape index (κ2) is 9.48. The summed E-state index contributed by atoms with van der Waals surface area (Å²) in [6, 6.07) is 22.5. The fraction of sp³-hybridized carbons (Fsp3) is 0.0833. The average molecular weight is 387 g/mol. The van der Waals surface area contributed by atoms with Gasteiger partial charge in [0, 0.05) is 17.3 Å². The molecular weight excluding hydrogens is 366 g/mol. The third-order valence-electron chi connectivity index (χ3n) is 4.30. The number of aliphatic hydroxyl groups excluding tert-OH is 1. The summed E-state index contributed by atoms with van der Waals surface area (Å²) >= 11 is 0. The van der Waals surface area contributed by atoms with Gasteiger partial charge >= 0.3 is 0 Å². The summed E-state index contributed by atoms with van der Waals surface area (Å²) in [5.41, 5.74) is 2.16. The molecule has 5 heteroatoms. The van der Waals surface area contributed by atoms with Gasteiger partial charge in [-0.25, -0.2) is 0 Å². The van der Waals surface area contributed by atoms with Crippen LogP contribution in [0, 0.1) is 0 Å². The molecule has 1 atom stereocenters. The van der Waals surface area contributed by atoms with Crippen molar-refractivity contribution in [3.63, 3.8) is 0 Å². The highest BCUT2D eigenvalue weighted by Crippen LogP contribution is 2.21. The SMILES string of the molecule is COc1cccc(C=CC(=O)Nc2cccc(C(O)C(=O)c3ccccc3)c2)c1. The van der Waals surface area contributed by atoms with Crippen molar-refractivity contribution in [2.45, 2.75) is 6.10 Å². The van der Waals surface area contributed by atoms with E-state index in [1.165, 1.54) is 6.08 Å². The molecule has 3 aromatic rings. The number of aliphatic hydroxyl groups is 1. The first-order chi connectivity index (χ1) is 14.1. The zero-order valence-corrected chi connectivity index (χ0v) is 15.9. The Balaban J connectivity index is 1.68. The molecule has 1 unspecified atom stereocenters. The summed E-state index contributed by atoms with van der Waals surface area (Å²) in [4.78, 5) is 24.6. The maximum absolute atomic E-state index is 12.4. The van der Waals surface area contributed by atoms with Crippen LogP contribution in [0.3, 0.4) is 0 Å². The van der Waals surface area contributed by atoms with Crippen molar-refractivity contribution in [1.29, 1.82) is 0 Å². The lowest BCUT2D eigenvalue weighted by Gasteiger charge is -2.12. The quantitative estimate of drug-likeness (QED) is 0.469. The van der Waals surface area contributed by atoms with Gasteiger partial charge in [-0.15, -0.1) is 0 Å². The molecule has 0 spiro atoms. The molecule has 0 aromatic heterocycles. The Hall–Kier alpha value is -3.70. The normalized spacial score (nSPS) is 11.8. The Labute approximate surface area is 169 Å². The number of hydrogen-bond acceptors (Lipinski definition) is 4. The van der Waals surface area contributed by atoms with Crippen LogP contribution in [-0.2, 0) is 4.79 Å². The third kappa shape index (κ3) is 5.40. The van der Waals surface area contributed by atoms with Crippen molar-refractivity contribution >= 4 is 23.5 Å². The number of Topliss-reactive ketones (excluding diaryl/α,β-unsaturated/α-hetero) is 1. The fourth-order valence-electron chi connectivity index (χ4n) is 2.80. The number of methoxy groups -OCH3 is 1. The molecule has 0 bridgehead atoms. The van der Waals surface area contributed by atoms with E-state index in [-0.39, 0.29) is 5.91 Å². The van der Waals surface area contributed by atoms with E-state index in [1.54, 1.807) is 67.8 Å². The molecule has 3 aromatic carbocycles. The van der Waals surface area contributed by atoms with Gasteiger partial charge in [0.1, 0.15) is 11.9 Å². The Bertz CT molecular complexity index is 1030. The molecule has 2 N–H and O–H groups in total. The van der Waals surface area contributed by atoms with E-state index in [1.807, 2.05) is 24.3 Å². The number of ketones is 1. The van der Waals surface area contributed by atoms with Crippen LogP contribution >= 0.6 is 0 Å². The second-order valence-corrected chi connectivity index (χ2v) is 6.36. The monoisotopic (exact) mass is 387 g/mol. The van der Waals surface area contributed by atoms with Crippen LogP contribution in [0.25, 0.3) is 6.08 Å². The van der Waals surface area contributed by atoms with Crippen molar-refractivity contribution in [2.24, 2.45) is 0 Å². The van der Waals surface area contributed by atoms with Gasteiger partial charge in [0.15, 0.2) is 5.78 Å². The Morgan fingerprint density at radius 3 is 2.48 bits per heavy atom. The smallest absolute Gasteiger partial charge is 0.248 e. The van der Waals surface area contributed by atoms with Crippen molar-refractivity contribution in [3.05, 3.63) is 102 Å². The summed E-state index contributed by atoms with van der Waals surface area (Å²) in [7, 11) is 1.58. The van der Waals surface area contributed by atoms with Gasteiger partial charge in [-0.1, -0.05) is 54.6 Å². The number of ether oxygens (including phenoxy) is 1. The molecule has 0 saturated carbocycles. The highest BCUT2D eigenvalue weighted by atomic mass is 16.5. The molecule has 146 valence electrons. The van der Waals surface area contributed by atoms with Crippen molar-refractivity contribution in [1.82, 2.24) is 0 Å². The Morgan fingerprint density at radius 2 is 1.72 bits per heavy atom. The highest BCUT2D eigenvalue weighted by Gasteiger charge is 2.19. The van der Waals surface area contributed by atoms with E-state index >= 15 is 0 Å². The van der Waals surface area contributed by atoms with Crippen molar-refractivity contribution < 1.29 is 19.4 Å². The molecule has 0 heterocycles. The maximum atomic E-state index is 12.4. The van der Waals surface area contributed by atoms with E-state index in [0.29, 0.717) is 22.6 Å². The number of anilines is 1. The molecule has 0 aliphatic heterocycles. The zero-order valence-electron chi connectivity index (χ0n) is 15.9. The number of amides is 1. The first-order valence-corrected chi connectivity index (χ1v) is 9.07. The minimum atomic E-state index is -1.30. The van der Waals surface area contributed by atoms with Gasteiger partial charge in [0.25, 0.3) is 0 Å². The molecule has 1 amide bonds. The first-order valence-electron chi connectivity index (χ1n) is 9.07. The predicted octanol–water partition coefficient (Wildman–Crippen LogP) is 4.26. The Kier molecular flexibility index (Phi) is 6.55. The van der Waals surface area contributed by atoms with Crippen LogP contribution in [0.2, 0.25) is 0 Å². The molecule has 0 radical (unpaired) electrons. The molecule has 0 fully saturated rings. The van der Waals surface area contributed by atoms with E-state index in [9.17, 15) is 14.7 Å². The lowest BCUT2D eigenvalue weighted by Crippen LogP contribution is -2.13. The fourth-order valence-corrected chi connectivity index (χ4v) is 2.80. The molecule has 29 heavy (non-hydrogen) atoms. The van der Waals surface area contributed by atoms with E-state index < -0.39 is 11.9 Å². The molecule has 0 saturated heterocycles. The van der Waals surface area contributed by atoms with Gasteiger partial charge in [-0.3, -0.25) is 9.59 Å². The highest BCUT2D eigenvalue weighted by molar-refractivity contribution is 6.02. The zero-order chi connectivity index (χ0) is 20.6. The first kappa shape index (κ1) is 20.0. The number of carbonyl (C=O) groups excluding carboxylic acids is 2. The maximum Gasteiger partial charge on any atom is 0.248 e. The summed E-state index contributed by atoms with van der Waals surface area (Å²) in [6.45, 7) is 0. The van der Waals surface area contributed by atoms with Crippen LogP contribution < -0.4 is 10.1 Å². The average Bonchev–Trinajstić information content (AvgIpc) is 2.77. The number of nitrogens with one attached hydrogen (secondary N) is 1. The van der Waals surface area contributed by atoms with Gasteiger partial charge in [-0.2, -0.15) is 0 Å². The predicted molar refractivity (Wildman–Crippen MR) is 113 cm³/mol. The number of hydrogen-bond donors (Lipinski definition) is 2. The van der Waals surface area contributed by atoms with E-state index in [0.717, 1.165) is 5.56 Å². The van der Waals surface area contributed by atoms with Gasteiger partial charge in [-0.05, 0) is 41.5 Å². The van der Waals surface area contributed by atoms with Crippen LogP contribution in [0.4, 0.5) is 5.69 Å². The summed E-state index contributed by atoms with van der Waals surface area (Å²) < 4.78 is 5.16. The summed E-state index contributed by atoms with van der Waals surface area (Å²) in [5.74, 6) is -0.0156. The van der Waals surface area contributed by atoms with Crippen LogP contribution in [0.15, 0.2) is 84.9 Å². The van der Waals surface area contributed by atoms with Gasteiger partial charge < -0.3 is 15.2 Å². The molecule has 5 nitrogen and oxygen atoms in total. The number of carbonyl (C=O) groups is 2. The standard InChI is InChI=1S/C24H21NO4/c1-29-21-12-5-7-17(15-21)13-14-22(26)25-20-11-6-10-19(16-20)24(28)23(27)18-8-3-2-4-9-18/h2-16,24,28H,1H3,(H,25,26). The summed E-state index contributed by atoms with van der Waals surface area (Å²) in [5, 5.41) is 13.1. The molecule has 0 aliphatic rings. The lowest BCUT2D eigenvalue weighted by molar-refractivity contribution is -0.111. The van der Waals surface area contributed by atoms with Crippen LogP contribution in [0.1, 0.15) is 27.6 Å². The molecule has 3 rings (SSSR count). The molecule has 0 aliphatic carbocycles. The van der Waals surface area contributed by atoms with Crippen molar-refractivity contribution in [2.75, 3.05) is 12.4 Å². The number of benzene rings is 3. The lowest BCUT2D eigenvalue weighted by atomic mass is 9.99. The molecular formula is C24H21NO4. The minimum Gasteiger partial charge on any atom is -0.497 e. The Morgan fingerprint density at radius 1 is 0.966 bits per heavy atom. The van der Waals surface area contributed by atoms with Crippen LogP contribution in [-0.4, -0.2) is 23.9 Å². The third-order valence-corrected chi connectivity index (χ3v) is 4.30. The minimum absolute atomic E-state index is 0.325. The van der Waals surface area contributed by atoms with Crippen molar-refractivity contribution in [3.8, 4) is 5.75 Å². The largest absolute Gasteiger partial charge is 0.497 e. The van der Waals surface area contributed by atoms with E-state index in [2.05, 4.69) is 5.32 Å². The number of rotatable bonds is 7. The van der Waals surface area contributed by atoms with Gasteiger partial charge in [0.05, 0.1) is 7.11 Å².